The van der Waals surface area contributed by atoms with E-state index in [4.69, 9.17) is 9.47 Å². The number of rotatable bonds is 3. The third kappa shape index (κ3) is 2.34. The smallest absolute Gasteiger partial charge is 0.338 e. The number of esters is 1. The zero-order valence-electron chi connectivity index (χ0n) is 11.2. The first-order valence-electron chi connectivity index (χ1n) is 6.06. The molecule has 0 aliphatic rings. The number of carbonyl (C=O) groups excluding carboxylic acids is 1. The van der Waals surface area contributed by atoms with E-state index in [0.29, 0.717) is 28.7 Å². The molecule has 2 aromatic rings. The minimum atomic E-state index is -0.455. The average Bonchev–Trinajstić information content (AvgIpc) is 2.39. The molecular weight excluding hydrogens is 244 g/mol. The van der Waals surface area contributed by atoms with E-state index in [2.05, 4.69) is 0 Å². The summed E-state index contributed by atoms with van der Waals surface area (Å²) < 4.78 is 10.2. The van der Waals surface area contributed by atoms with Crippen molar-refractivity contribution in [2.45, 2.75) is 13.8 Å². The van der Waals surface area contributed by atoms with Crippen LogP contribution >= 0.6 is 0 Å². The van der Waals surface area contributed by atoms with Gasteiger partial charge in [0.15, 0.2) is 0 Å². The standard InChI is InChI=1S/C15H16O4/c1-4-19-15(17)10-7-11-13(18-3)6-5-9(2)14(11)12(16)8-10/h5-8,16H,4H2,1-3H3. The van der Waals surface area contributed by atoms with Crippen molar-refractivity contribution in [1.29, 1.82) is 0 Å². The Morgan fingerprint density at radius 2 is 2.05 bits per heavy atom. The number of methoxy groups -OCH3 is 1. The second-order valence-electron chi connectivity index (χ2n) is 4.22. The van der Waals surface area contributed by atoms with Crippen molar-refractivity contribution in [2.75, 3.05) is 13.7 Å². The summed E-state index contributed by atoms with van der Waals surface area (Å²) in [7, 11) is 1.55. The number of aromatic hydroxyl groups is 1. The van der Waals surface area contributed by atoms with Gasteiger partial charge in [0.1, 0.15) is 11.5 Å². The maximum Gasteiger partial charge on any atom is 0.338 e. The first kappa shape index (κ1) is 13.2. The number of hydrogen-bond acceptors (Lipinski definition) is 4. The number of benzene rings is 2. The van der Waals surface area contributed by atoms with E-state index in [0.717, 1.165) is 5.56 Å². The second-order valence-corrected chi connectivity index (χ2v) is 4.22. The Kier molecular flexibility index (Phi) is 3.60. The van der Waals surface area contributed by atoms with Crippen molar-refractivity contribution in [3.8, 4) is 11.5 Å². The molecule has 0 aliphatic carbocycles. The number of carbonyl (C=O) groups is 1. The quantitative estimate of drug-likeness (QED) is 0.862. The number of phenols is 1. The maximum atomic E-state index is 11.8. The van der Waals surface area contributed by atoms with Gasteiger partial charge in [0.05, 0.1) is 19.3 Å². The monoisotopic (exact) mass is 260 g/mol. The summed E-state index contributed by atoms with van der Waals surface area (Å²) in [6, 6.07) is 6.78. The molecule has 0 bridgehead atoms. The van der Waals surface area contributed by atoms with Gasteiger partial charge in [-0.25, -0.2) is 4.79 Å². The molecular formula is C15H16O4. The first-order chi connectivity index (χ1) is 9.08. The molecule has 0 saturated heterocycles. The van der Waals surface area contributed by atoms with Crippen LogP contribution in [0.2, 0.25) is 0 Å². The summed E-state index contributed by atoms with van der Waals surface area (Å²) in [4.78, 5) is 11.8. The van der Waals surface area contributed by atoms with E-state index in [-0.39, 0.29) is 5.75 Å². The van der Waals surface area contributed by atoms with Crippen LogP contribution in [0.5, 0.6) is 11.5 Å². The minimum absolute atomic E-state index is 0.0527. The van der Waals surface area contributed by atoms with Crippen LogP contribution in [0.1, 0.15) is 22.8 Å². The highest BCUT2D eigenvalue weighted by Crippen LogP contribution is 2.35. The van der Waals surface area contributed by atoms with Crippen LogP contribution in [0, 0.1) is 6.92 Å². The van der Waals surface area contributed by atoms with Gasteiger partial charge in [-0.2, -0.15) is 0 Å². The van der Waals surface area contributed by atoms with E-state index < -0.39 is 5.97 Å². The Morgan fingerprint density at radius 3 is 2.68 bits per heavy atom. The van der Waals surface area contributed by atoms with Crippen molar-refractivity contribution in [3.05, 3.63) is 35.4 Å². The minimum Gasteiger partial charge on any atom is -0.507 e. The highest BCUT2D eigenvalue weighted by Gasteiger charge is 2.14. The first-order valence-corrected chi connectivity index (χ1v) is 6.06. The Balaban J connectivity index is 2.70. The van der Waals surface area contributed by atoms with Crippen molar-refractivity contribution < 1.29 is 19.4 Å². The van der Waals surface area contributed by atoms with Gasteiger partial charge in [-0.1, -0.05) is 6.07 Å². The largest absolute Gasteiger partial charge is 0.507 e. The Morgan fingerprint density at radius 1 is 1.32 bits per heavy atom. The van der Waals surface area contributed by atoms with E-state index in [1.165, 1.54) is 6.07 Å². The molecule has 2 aromatic carbocycles. The van der Waals surface area contributed by atoms with Crippen LogP contribution in [-0.2, 0) is 4.74 Å². The van der Waals surface area contributed by atoms with Gasteiger partial charge in [0.2, 0.25) is 0 Å². The van der Waals surface area contributed by atoms with E-state index in [1.807, 2.05) is 19.1 Å². The van der Waals surface area contributed by atoms with Gasteiger partial charge in [-0.05, 0) is 37.6 Å². The van der Waals surface area contributed by atoms with E-state index in [1.54, 1.807) is 20.1 Å². The SMILES string of the molecule is CCOC(=O)c1cc(O)c2c(C)ccc(OC)c2c1. The molecule has 0 atom stereocenters. The fraction of sp³-hybridized carbons (Fsp3) is 0.267. The molecule has 4 heteroatoms. The van der Waals surface area contributed by atoms with Crippen LogP contribution in [0.25, 0.3) is 10.8 Å². The molecule has 0 heterocycles. The van der Waals surface area contributed by atoms with E-state index >= 15 is 0 Å². The summed E-state index contributed by atoms with van der Waals surface area (Å²) in [6.45, 7) is 3.93. The number of ether oxygens (including phenoxy) is 2. The molecule has 0 fully saturated rings. The van der Waals surface area contributed by atoms with Gasteiger partial charge < -0.3 is 14.6 Å². The number of phenolic OH excluding ortho intramolecular Hbond substituents is 1. The molecule has 0 aliphatic heterocycles. The van der Waals surface area contributed by atoms with E-state index in [9.17, 15) is 9.90 Å². The highest BCUT2D eigenvalue weighted by molar-refractivity contribution is 6.01. The summed E-state index contributed by atoms with van der Waals surface area (Å²) in [5.74, 6) is 0.210. The number of fused-ring (bicyclic) bond motifs is 1. The summed E-state index contributed by atoms with van der Waals surface area (Å²) in [6.07, 6.45) is 0. The maximum absolute atomic E-state index is 11.8. The van der Waals surface area contributed by atoms with Crippen LogP contribution in [0.4, 0.5) is 0 Å². The lowest BCUT2D eigenvalue weighted by Crippen LogP contribution is -2.04. The van der Waals surface area contributed by atoms with Gasteiger partial charge >= 0.3 is 5.97 Å². The molecule has 0 unspecified atom stereocenters. The summed E-state index contributed by atoms with van der Waals surface area (Å²) in [5.41, 5.74) is 1.24. The summed E-state index contributed by atoms with van der Waals surface area (Å²) in [5, 5.41) is 11.5. The van der Waals surface area contributed by atoms with Crippen LogP contribution in [0.3, 0.4) is 0 Å². The number of aryl methyl sites for hydroxylation is 1. The molecule has 4 nitrogen and oxygen atoms in total. The van der Waals surface area contributed by atoms with Gasteiger partial charge in [0.25, 0.3) is 0 Å². The normalized spacial score (nSPS) is 10.5. The third-order valence-electron chi connectivity index (χ3n) is 2.99. The van der Waals surface area contributed by atoms with Gasteiger partial charge in [0, 0.05) is 10.8 Å². The Hall–Kier alpha value is -2.23. The third-order valence-corrected chi connectivity index (χ3v) is 2.99. The van der Waals surface area contributed by atoms with Crippen molar-refractivity contribution in [2.24, 2.45) is 0 Å². The Bertz CT molecular complexity index is 632. The lowest BCUT2D eigenvalue weighted by atomic mass is 10.0. The molecule has 0 aromatic heterocycles. The van der Waals surface area contributed by atoms with Crippen LogP contribution in [0.15, 0.2) is 24.3 Å². The fourth-order valence-corrected chi connectivity index (χ4v) is 2.12. The fourth-order valence-electron chi connectivity index (χ4n) is 2.12. The van der Waals surface area contributed by atoms with Crippen molar-refractivity contribution >= 4 is 16.7 Å². The molecule has 2 rings (SSSR count). The average molecular weight is 260 g/mol. The molecule has 19 heavy (non-hydrogen) atoms. The molecule has 0 amide bonds. The van der Waals surface area contributed by atoms with Gasteiger partial charge in [-0.15, -0.1) is 0 Å². The molecule has 100 valence electrons. The van der Waals surface area contributed by atoms with Gasteiger partial charge in [-0.3, -0.25) is 0 Å². The molecule has 0 spiro atoms. The zero-order chi connectivity index (χ0) is 14.0. The topological polar surface area (TPSA) is 55.8 Å². The lowest BCUT2D eigenvalue weighted by molar-refractivity contribution is 0.0526. The van der Waals surface area contributed by atoms with Crippen molar-refractivity contribution in [3.63, 3.8) is 0 Å². The molecule has 0 saturated carbocycles. The lowest BCUT2D eigenvalue weighted by Gasteiger charge is -2.11. The van der Waals surface area contributed by atoms with Crippen LogP contribution in [-0.4, -0.2) is 24.8 Å². The second kappa shape index (κ2) is 5.18. The zero-order valence-corrected chi connectivity index (χ0v) is 11.2. The predicted molar refractivity (Wildman–Crippen MR) is 72.9 cm³/mol. The predicted octanol–water partition coefficient (Wildman–Crippen LogP) is 3.04. The Labute approximate surface area is 111 Å². The summed E-state index contributed by atoms with van der Waals surface area (Å²) >= 11 is 0. The van der Waals surface area contributed by atoms with Crippen LogP contribution < -0.4 is 4.74 Å². The molecule has 1 N–H and O–H groups in total. The molecule has 0 radical (unpaired) electrons. The number of hydrogen-bond donors (Lipinski definition) is 1. The van der Waals surface area contributed by atoms with Crippen molar-refractivity contribution in [1.82, 2.24) is 0 Å². The highest BCUT2D eigenvalue weighted by atomic mass is 16.5.